The van der Waals surface area contributed by atoms with E-state index in [9.17, 15) is 15.2 Å². The monoisotopic (exact) mass is 458 g/mol. The highest BCUT2D eigenvalue weighted by atomic mass is 16.3. The first-order valence-electron chi connectivity index (χ1n) is 13.0. The van der Waals surface area contributed by atoms with Crippen molar-refractivity contribution in [2.24, 2.45) is 34.5 Å². The van der Waals surface area contributed by atoms with Crippen molar-refractivity contribution in [1.82, 2.24) is 5.32 Å². The number of aliphatic hydroxyl groups is 1. The predicted molar refractivity (Wildman–Crippen MR) is 133 cm³/mol. The summed E-state index contributed by atoms with van der Waals surface area (Å²) in [6.07, 6.45) is 9.27. The first kappa shape index (κ1) is 23.4. The Morgan fingerprint density at radius 1 is 1.21 bits per heavy atom. The zero-order valence-electron chi connectivity index (χ0n) is 21.0. The molecule has 4 aliphatic rings. The van der Waals surface area contributed by atoms with Gasteiger partial charge in [0.1, 0.15) is 0 Å². The summed E-state index contributed by atoms with van der Waals surface area (Å²) in [6.45, 7) is 8.70. The van der Waals surface area contributed by atoms with Crippen LogP contribution in [0.25, 0.3) is 0 Å². The van der Waals surface area contributed by atoms with Crippen LogP contribution >= 0.6 is 0 Å². The van der Waals surface area contributed by atoms with Crippen LogP contribution in [0.4, 0.5) is 0 Å². The van der Waals surface area contributed by atoms with Crippen LogP contribution in [0.1, 0.15) is 71.8 Å². The van der Waals surface area contributed by atoms with Crippen molar-refractivity contribution >= 4 is 5.91 Å². The van der Waals surface area contributed by atoms with Crippen molar-refractivity contribution in [2.75, 3.05) is 0 Å². The Bertz CT molecular complexity index is 1080. The van der Waals surface area contributed by atoms with Crippen LogP contribution in [-0.4, -0.2) is 17.1 Å². The van der Waals surface area contributed by atoms with Crippen molar-refractivity contribution in [3.8, 4) is 6.07 Å². The quantitative estimate of drug-likeness (QED) is 0.615. The molecule has 4 heteroatoms. The number of rotatable bonds is 3. The maximum absolute atomic E-state index is 13.7. The Balaban J connectivity index is 1.41. The number of nitrogens with one attached hydrogen (secondary N) is 1. The summed E-state index contributed by atoms with van der Waals surface area (Å²) in [5, 5.41) is 24.4. The van der Waals surface area contributed by atoms with Crippen LogP contribution in [-0.2, 0) is 10.3 Å². The first-order chi connectivity index (χ1) is 16.1. The molecule has 0 aliphatic heterocycles. The summed E-state index contributed by atoms with van der Waals surface area (Å²) in [7, 11) is 0. The first-order valence-corrected chi connectivity index (χ1v) is 13.0. The molecule has 0 spiro atoms. The van der Waals surface area contributed by atoms with Crippen molar-refractivity contribution in [3.05, 3.63) is 59.2 Å². The Labute approximate surface area is 204 Å². The fourth-order valence-electron chi connectivity index (χ4n) is 8.30. The minimum atomic E-state index is -0.439. The number of aliphatic hydroxyl groups excluding tert-OH is 1. The molecule has 1 amide bonds. The average Bonchev–Trinajstić information content (AvgIpc) is 3.15. The lowest BCUT2D eigenvalue weighted by molar-refractivity contribution is -0.142. The zero-order valence-corrected chi connectivity index (χ0v) is 21.0. The molecule has 2 saturated carbocycles. The van der Waals surface area contributed by atoms with Gasteiger partial charge < -0.3 is 10.4 Å². The van der Waals surface area contributed by atoms with Gasteiger partial charge in [0, 0.05) is 11.5 Å². The number of amides is 1. The number of hydrogen-bond donors (Lipinski definition) is 2. The highest BCUT2D eigenvalue weighted by molar-refractivity contribution is 5.81. The van der Waals surface area contributed by atoms with Gasteiger partial charge in [-0.05, 0) is 98.2 Å². The number of carbonyl (C=O) groups is 1. The van der Waals surface area contributed by atoms with Crippen molar-refractivity contribution < 1.29 is 9.90 Å². The lowest BCUT2D eigenvalue weighted by atomic mass is 9.47. The summed E-state index contributed by atoms with van der Waals surface area (Å²) in [5.74, 6) is 1.07. The van der Waals surface area contributed by atoms with Gasteiger partial charge in [-0.2, -0.15) is 5.26 Å². The Hall–Kier alpha value is -2.38. The molecule has 0 aromatic heterocycles. The van der Waals surface area contributed by atoms with E-state index < -0.39 is 11.6 Å². The summed E-state index contributed by atoms with van der Waals surface area (Å²) < 4.78 is 0. The van der Waals surface area contributed by atoms with Crippen molar-refractivity contribution in [3.63, 3.8) is 0 Å². The van der Waals surface area contributed by atoms with E-state index in [0.29, 0.717) is 18.3 Å². The topological polar surface area (TPSA) is 73.1 Å². The number of fused-ring (bicyclic) bond motifs is 5. The Morgan fingerprint density at radius 3 is 2.65 bits per heavy atom. The van der Waals surface area contributed by atoms with E-state index >= 15 is 0 Å². The molecular weight excluding hydrogens is 420 g/mol. The third kappa shape index (κ3) is 3.47. The van der Waals surface area contributed by atoms with E-state index in [0.717, 1.165) is 43.2 Å². The maximum atomic E-state index is 13.7. The van der Waals surface area contributed by atoms with Gasteiger partial charge in [-0.15, -0.1) is 0 Å². The van der Waals surface area contributed by atoms with Crippen LogP contribution in [0.5, 0.6) is 0 Å². The number of benzene rings is 1. The Kier molecular flexibility index (Phi) is 5.56. The summed E-state index contributed by atoms with van der Waals surface area (Å²) in [5.41, 5.74) is 2.49. The zero-order chi connectivity index (χ0) is 24.3. The molecule has 2 fully saturated rings. The van der Waals surface area contributed by atoms with Gasteiger partial charge in [-0.3, -0.25) is 4.79 Å². The van der Waals surface area contributed by atoms with E-state index in [4.69, 9.17) is 0 Å². The van der Waals surface area contributed by atoms with E-state index in [1.54, 1.807) is 0 Å². The highest BCUT2D eigenvalue weighted by Gasteiger charge is 2.62. The van der Waals surface area contributed by atoms with E-state index in [1.807, 2.05) is 18.2 Å². The number of nitriles is 1. The molecule has 0 radical (unpaired) electrons. The van der Waals surface area contributed by atoms with E-state index in [-0.39, 0.29) is 28.6 Å². The third-order valence-corrected chi connectivity index (χ3v) is 10.1. The average molecular weight is 459 g/mol. The van der Waals surface area contributed by atoms with Gasteiger partial charge in [-0.1, -0.05) is 50.3 Å². The van der Waals surface area contributed by atoms with Crippen LogP contribution < -0.4 is 5.32 Å². The number of nitrogens with zero attached hydrogens (tertiary/aromatic N) is 1. The molecule has 0 saturated heterocycles. The second-order valence-corrected chi connectivity index (χ2v) is 12.3. The SMILES string of the molecule is CC(C)(NC(=O)[C@H]1CC[C@H]2[C@@H]3CC=C4C=C(C#N)CC[C@]4(C)[C@H]3[C@@H](O)C[C@]12C)c1ccccc1. The van der Waals surface area contributed by atoms with Crippen LogP contribution in [0, 0.1) is 45.8 Å². The second-order valence-electron chi connectivity index (χ2n) is 12.3. The smallest absolute Gasteiger partial charge is 0.224 e. The van der Waals surface area contributed by atoms with Gasteiger partial charge >= 0.3 is 0 Å². The molecule has 1 aromatic rings. The Morgan fingerprint density at radius 2 is 1.94 bits per heavy atom. The molecule has 0 bridgehead atoms. The van der Waals surface area contributed by atoms with Crippen LogP contribution in [0.3, 0.4) is 0 Å². The highest BCUT2D eigenvalue weighted by Crippen LogP contribution is 2.66. The molecule has 5 rings (SSSR count). The molecule has 4 nitrogen and oxygen atoms in total. The van der Waals surface area contributed by atoms with Gasteiger partial charge in [0.2, 0.25) is 5.91 Å². The molecule has 7 atom stereocenters. The third-order valence-electron chi connectivity index (χ3n) is 10.1. The molecule has 34 heavy (non-hydrogen) atoms. The summed E-state index contributed by atoms with van der Waals surface area (Å²) in [6, 6.07) is 12.5. The number of hydrogen-bond acceptors (Lipinski definition) is 3. The van der Waals surface area contributed by atoms with E-state index in [1.165, 1.54) is 5.57 Å². The van der Waals surface area contributed by atoms with Gasteiger partial charge in [0.05, 0.1) is 17.7 Å². The molecule has 2 N–H and O–H groups in total. The van der Waals surface area contributed by atoms with Crippen LogP contribution in [0.2, 0.25) is 0 Å². The molecule has 0 unspecified atom stereocenters. The van der Waals surface area contributed by atoms with Crippen LogP contribution in [0.15, 0.2) is 53.6 Å². The molecular formula is C30H38N2O2. The second kappa shape index (κ2) is 8.09. The largest absolute Gasteiger partial charge is 0.393 e. The predicted octanol–water partition coefficient (Wildman–Crippen LogP) is 5.65. The molecule has 4 aliphatic carbocycles. The van der Waals surface area contributed by atoms with Crippen molar-refractivity contribution in [1.29, 1.82) is 5.26 Å². The van der Waals surface area contributed by atoms with E-state index in [2.05, 4.69) is 63.4 Å². The summed E-state index contributed by atoms with van der Waals surface area (Å²) >= 11 is 0. The standard InChI is InChI=1S/C30H38N2O2/c1-28(2,20-8-6-5-7-9-20)32-27(34)24-13-12-23-22-11-10-21-16-19(18-31)14-15-29(21,3)26(22)25(33)17-30(23,24)4/h5-10,16,22-26,33H,11-15,17H2,1-4H3,(H,32,34)/t22-,23-,24+,25-,26+,29-,30-/m0/s1. The fourth-order valence-corrected chi connectivity index (χ4v) is 8.30. The van der Waals surface area contributed by atoms with Gasteiger partial charge in [-0.25, -0.2) is 0 Å². The molecule has 180 valence electrons. The number of allylic oxidation sites excluding steroid dienone is 4. The van der Waals surface area contributed by atoms with Gasteiger partial charge in [0.25, 0.3) is 0 Å². The normalized spacial score (nSPS) is 39.0. The lowest BCUT2D eigenvalue weighted by Gasteiger charge is -2.58. The summed E-state index contributed by atoms with van der Waals surface area (Å²) in [4.78, 5) is 13.7. The maximum Gasteiger partial charge on any atom is 0.224 e. The van der Waals surface area contributed by atoms with Gasteiger partial charge in [0.15, 0.2) is 0 Å². The minimum Gasteiger partial charge on any atom is -0.393 e. The lowest BCUT2D eigenvalue weighted by Crippen LogP contribution is -2.57. The number of carbonyl (C=O) groups excluding carboxylic acids is 1. The molecule has 0 heterocycles. The molecule has 1 aromatic carbocycles. The van der Waals surface area contributed by atoms with Crippen molar-refractivity contribution in [2.45, 2.75) is 77.9 Å². The fraction of sp³-hybridized carbons (Fsp3) is 0.600. The minimum absolute atomic E-state index is 0.0780.